The molecule has 1 saturated heterocycles. The first kappa shape index (κ1) is 14.8. The molecule has 1 aromatic carbocycles. The third kappa shape index (κ3) is 3.04. The van der Waals surface area contributed by atoms with Crippen molar-refractivity contribution in [3.63, 3.8) is 0 Å². The number of rotatable bonds is 3. The lowest BCUT2D eigenvalue weighted by Crippen LogP contribution is -2.43. The third-order valence-corrected chi connectivity index (χ3v) is 4.20. The number of H-pyrrole nitrogens is 1. The molecule has 1 fully saturated rings. The van der Waals surface area contributed by atoms with Gasteiger partial charge in [0.05, 0.1) is 25.3 Å². The van der Waals surface area contributed by atoms with Crippen molar-refractivity contribution in [1.82, 2.24) is 15.1 Å². The van der Waals surface area contributed by atoms with Gasteiger partial charge in [0.15, 0.2) is 0 Å². The lowest BCUT2D eigenvalue weighted by atomic mass is 10.1. The van der Waals surface area contributed by atoms with Gasteiger partial charge >= 0.3 is 0 Å². The Morgan fingerprint density at radius 2 is 2.14 bits per heavy atom. The molecule has 1 aliphatic rings. The Balaban J connectivity index is 1.68. The lowest BCUT2D eigenvalue weighted by Gasteiger charge is -2.33. The Morgan fingerprint density at radius 3 is 2.82 bits per heavy atom. The number of aromatic amines is 1. The van der Waals surface area contributed by atoms with E-state index in [0.717, 1.165) is 22.5 Å². The Hall–Kier alpha value is -2.14. The number of benzene rings is 1. The van der Waals surface area contributed by atoms with Crippen molar-refractivity contribution in [2.45, 2.75) is 26.4 Å². The third-order valence-electron chi connectivity index (χ3n) is 4.20. The van der Waals surface area contributed by atoms with Gasteiger partial charge in [-0.05, 0) is 19.4 Å². The number of aromatic nitrogens is 2. The molecular formula is C17H21N3O2. The van der Waals surface area contributed by atoms with Crippen molar-refractivity contribution >= 4 is 5.91 Å². The van der Waals surface area contributed by atoms with Crippen LogP contribution >= 0.6 is 0 Å². The predicted octanol–water partition coefficient (Wildman–Crippen LogP) is 2.17. The number of carbonyl (C=O) groups excluding carboxylic acids is 1. The standard InChI is InChI=1S/C17H21N3O2/c1-12-15(13(2)19-18-12)10-17(21)20-8-9-22-16(11-20)14-6-4-3-5-7-14/h3-7,16H,8-11H2,1-2H3,(H,18,19). The molecular weight excluding hydrogens is 278 g/mol. The quantitative estimate of drug-likeness (QED) is 0.945. The fourth-order valence-electron chi connectivity index (χ4n) is 2.84. The highest BCUT2D eigenvalue weighted by Crippen LogP contribution is 2.22. The van der Waals surface area contributed by atoms with Crippen LogP contribution in [0.4, 0.5) is 0 Å². The van der Waals surface area contributed by atoms with E-state index in [2.05, 4.69) is 10.2 Å². The molecule has 1 N–H and O–H groups in total. The summed E-state index contributed by atoms with van der Waals surface area (Å²) in [6.45, 7) is 5.72. The number of amides is 1. The SMILES string of the molecule is Cc1n[nH]c(C)c1CC(=O)N1CCOC(c2ccccc2)C1. The van der Waals surface area contributed by atoms with Crippen molar-refractivity contribution in [2.75, 3.05) is 19.7 Å². The fourth-order valence-corrected chi connectivity index (χ4v) is 2.84. The molecule has 2 heterocycles. The topological polar surface area (TPSA) is 58.2 Å². The van der Waals surface area contributed by atoms with Crippen LogP contribution in [0.1, 0.15) is 28.6 Å². The van der Waals surface area contributed by atoms with Gasteiger partial charge in [-0.15, -0.1) is 0 Å². The molecule has 1 aliphatic heterocycles. The van der Waals surface area contributed by atoms with E-state index in [-0.39, 0.29) is 12.0 Å². The van der Waals surface area contributed by atoms with Crippen LogP contribution < -0.4 is 0 Å². The second-order valence-corrected chi connectivity index (χ2v) is 5.70. The molecule has 1 unspecified atom stereocenters. The van der Waals surface area contributed by atoms with E-state index in [1.165, 1.54) is 0 Å². The molecule has 0 saturated carbocycles. The molecule has 0 aliphatic carbocycles. The molecule has 2 aromatic rings. The predicted molar refractivity (Wildman–Crippen MR) is 83.5 cm³/mol. The van der Waals surface area contributed by atoms with Gasteiger partial charge in [-0.3, -0.25) is 9.89 Å². The first-order valence-electron chi connectivity index (χ1n) is 7.60. The molecule has 1 aromatic heterocycles. The van der Waals surface area contributed by atoms with E-state index in [1.807, 2.05) is 49.1 Å². The molecule has 0 bridgehead atoms. The van der Waals surface area contributed by atoms with Crippen molar-refractivity contribution in [3.8, 4) is 0 Å². The number of hydrogen-bond acceptors (Lipinski definition) is 3. The Labute approximate surface area is 130 Å². The zero-order valence-corrected chi connectivity index (χ0v) is 13.0. The minimum absolute atomic E-state index is 0.0366. The molecule has 5 nitrogen and oxygen atoms in total. The lowest BCUT2D eigenvalue weighted by molar-refractivity contribution is -0.138. The van der Waals surface area contributed by atoms with E-state index >= 15 is 0 Å². The van der Waals surface area contributed by atoms with Gasteiger partial charge in [0.1, 0.15) is 6.10 Å². The number of aryl methyl sites for hydroxylation is 2. The monoisotopic (exact) mass is 299 g/mol. The smallest absolute Gasteiger partial charge is 0.227 e. The second-order valence-electron chi connectivity index (χ2n) is 5.70. The number of nitrogens with one attached hydrogen (secondary N) is 1. The van der Waals surface area contributed by atoms with Gasteiger partial charge in [-0.1, -0.05) is 30.3 Å². The second kappa shape index (κ2) is 6.32. The van der Waals surface area contributed by atoms with Crippen LogP contribution in [0.25, 0.3) is 0 Å². The summed E-state index contributed by atoms with van der Waals surface area (Å²) in [6.07, 6.45) is 0.362. The van der Waals surface area contributed by atoms with Gasteiger partial charge < -0.3 is 9.64 Å². The molecule has 0 radical (unpaired) electrons. The van der Waals surface area contributed by atoms with Crippen molar-refractivity contribution in [2.24, 2.45) is 0 Å². The Kier molecular flexibility index (Phi) is 4.24. The maximum Gasteiger partial charge on any atom is 0.227 e. The molecule has 116 valence electrons. The van der Waals surface area contributed by atoms with Crippen LogP contribution in [-0.2, 0) is 16.0 Å². The maximum atomic E-state index is 12.6. The van der Waals surface area contributed by atoms with Crippen LogP contribution in [0.5, 0.6) is 0 Å². The summed E-state index contributed by atoms with van der Waals surface area (Å²) in [6, 6.07) is 10.1. The van der Waals surface area contributed by atoms with Crippen LogP contribution in [0, 0.1) is 13.8 Å². The Bertz CT molecular complexity index is 632. The molecule has 5 heteroatoms. The van der Waals surface area contributed by atoms with E-state index < -0.39 is 0 Å². The van der Waals surface area contributed by atoms with Crippen molar-refractivity contribution in [3.05, 3.63) is 52.8 Å². The molecule has 22 heavy (non-hydrogen) atoms. The summed E-state index contributed by atoms with van der Waals surface area (Å²) in [5.74, 6) is 0.136. The number of carbonyl (C=O) groups is 1. The molecule has 1 atom stereocenters. The first-order chi connectivity index (χ1) is 10.6. The summed E-state index contributed by atoms with van der Waals surface area (Å²) in [4.78, 5) is 14.5. The maximum absolute atomic E-state index is 12.6. The van der Waals surface area contributed by atoms with E-state index in [4.69, 9.17) is 4.74 Å². The van der Waals surface area contributed by atoms with Crippen molar-refractivity contribution in [1.29, 1.82) is 0 Å². The van der Waals surface area contributed by atoms with Crippen LogP contribution in [-0.4, -0.2) is 40.7 Å². The van der Waals surface area contributed by atoms with Gasteiger partial charge in [0.2, 0.25) is 5.91 Å². The average molecular weight is 299 g/mol. The number of hydrogen-bond donors (Lipinski definition) is 1. The largest absolute Gasteiger partial charge is 0.370 e. The first-order valence-corrected chi connectivity index (χ1v) is 7.60. The van der Waals surface area contributed by atoms with E-state index in [1.54, 1.807) is 0 Å². The van der Waals surface area contributed by atoms with Crippen LogP contribution in [0.3, 0.4) is 0 Å². The van der Waals surface area contributed by atoms with E-state index in [9.17, 15) is 4.79 Å². The molecule has 1 amide bonds. The van der Waals surface area contributed by atoms with Crippen LogP contribution in [0.15, 0.2) is 30.3 Å². The fraction of sp³-hybridized carbons (Fsp3) is 0.412. The molecule has 0 spiro atoms. The highest BCUT2D eigenvalue weighted by molar-refractivity contribution is 5.79. The highest BCUT2D eigenvalue weighted by Gasteiger charge is 2.26. The van der Waals surface area contributed by atoms with Gasteiger partial charge in [-0.2, -0.15) is 5.10 Å². The normalized spacial score (nSPS) is 18.5. The summed E-state index contributed by atoms with van der Waals surface area (Å²) >= 11 is 0. The van der Waals surface area contributed by atoms with E-state index in [0.29, 0.717) is 26.1 Å². The Morgan fingerprint density at radius 1 is 1.36 bits per heavy atom. The summed E-state index contributed by atoms with van der Waals surface area (Å²) in [5.41, 5.74) is 4.00. The minimum atomic E-state index is -0.0366. The van der Waals surface area contributed by atoms with Crippen molar-refractivity contribution < 1.29 is 9.53 Å². The zero-order valence-electron chi connectivity index (χ0n) is 13.0. The van der Waals surface area contributed by atoms with Gasteiger partial charge in [-0.25, -0.2) is 0 Å². The minimum Gasteiger partial charge on any atom is -0.370 e. The summed E-state index contributed by atoms with van der Waals surface area (Å²) in [5, 5.41) is 7.09. The van der Waals surface area contributed by atoms with Gasteiger partial charge in [0.25, 0.3) is 0 Å². The highest BCUT2D eigenvalue weighted by atomic mass is 16.5. The number of ether oxygens (including phenoxy) is 1. The number of nitrogens with zero attached hydrogens (tertiary/aromatic N) is 2. The molecule has 3 rings (SSSR count). The average Bonchev–Trinajstić information content (AvgIpc) is 2.88. The zero-order chi connectivity index (χ0) is 15.5. The van der Waals surface area contributed by atoms with Gasteiger partial charge in [0, 0.05) is 17.8 Å². The van der Waals surface area contributed by atoms with Crippen LogP contribution in [0.2, 0.25) is 0 Å². The number of morpholine rings is 1. The summed E-state index contributed by atoms with van der Waals surface area (Å²) < 4.78 is 5.81. The summed E-state index contributed by atoms with van der Waals surface area (Å²) in [7, 11) is 0.